The molecular weight excluding hydrogens is 224 g/mol. The molecule has 0 aromatic carbocycles. The van der Waals surface area contributed by atoms with Crippen molar-refractivity contribution in [2.75, 3.05) is 13.1 Å². The number of carbonyl (C=O) groups excluding carboxylic acids is 1. The van der Waals surface area contributed by atoms with Gasteiger partial charge in [-0.15, -0.1) is 6.58 Å². The third-order valence-electron chi connectivity index (χ3n) is 2.18. The topological polar surface area (TPSA) is 88.3 Å². The lowest BCUT2D eigenvalue weighted by Crippen LogP contribution is -2.39. The van der Waals surface area contributed by atoms with Gasteiger partial charge in [-0.1, -0.05) is 6.08 Å². The van der Waals surface area contributed by atoms with Gasteiger partial charge in [0.2, 0.25) is 5.91 Å². The molecule has 0 fully saturated rings. The van der Waals surface area contributed by atoms with Gasteiger partial charge >= 0.3 is 5.97 Å². The Bertz CT molecular complexity index is 402. The average Bonchev–Trinajstić information content (AvgIpc) is 2.79. The summed E-state index contributed by atoms with van der Waals surface area (Å²) in [5.41, 5.74) is 0. The van der Waals surface area contributed by atoms with Crippen LogP contribution in [0.1, 0.15) is 13.0 Å². The molecule has 92 valence electrons. The van der Waals surface area contributed by atoms with Gasteiger partial charge in [-0.3, -0.25) is 9.59 Å². The van der Waals surface area contributed by atoms with Gasteiger partial charge in [-0.05, 0) is 6.92 Å². The second-order valence-corrected chi connectivity index (χ2v) is 3.45. The lowest BCUT2D eigenvalue weighted by molar-refractivity contribution is -0.145. The van der Waals surface area contributed by atoms with Crippen LogP contribution in [0.5, 0.6) is 0 Å². The van der Waals surface area contributed by atoms with E-state index in [1.807, 2.05) is 0 Å². The quantitative estimate of drug-likeness (QED) is 0.701. The van der Waals surface area contributed by atoms with Crippen LogP contribution in [0.4, 0.5) is 0 Å². The van der Waals surface area contributed by atoms with Crippen molar-refractivity contribution in [3.8, 4) is 0 Å². The third kappa shape index (κ3) is 3.40. The lowest BCUT2D eigenvalue weighted by Gasteiger charge is -2.22. The first-order valence-corrected chi connectivity index (χ1v) is 5.01. The number of carboxylic acid groups (broad SMARTS) is 1. The summed E-state index contributed by atoms with van der Waals surface area (Å²) in [4.78, 5) is 27.6. The maximum Gasteiger partial charge on any atom is 0.323 e. The third-order valence-corrected chi connectivity index (χ3v) is 2.18. The monoisotopic (exact) mass is 238 g/mol. The van der Waals surface area contributed by atoms with Crippen LogP contribution in [0.15, 0.2) is 25.3 Å². The van der Waals surface area contributed by atoms with E-state index in [4.69, 9.17) is 5.11 Å². The minimum Gasteiger partial charge on any atom is -0.480 e. The molecule has 7 nitrogen and oxygen atoms in total. The molecular formula is C10H14N4O3. The van der Waals surface area contributed by atoms with Crippen molar-refractivity contribution in [3.05, 3.63) is 25.3 Å². The highest BCUT2D eigenvalue weighted by Gasteiger charge is 2.23. The Hall–Kier alpha value is -2.18. The number of rotatable bonds is 6. The summed E-state index contributed by atoms with van der Waals surface area (Å²) in [6, 6.07) is -0.586. The van der Waals surface area contributed by atoms with E-state index in [0.29, 0.717) is 0 Å². The number of nitrogens with zero attached hydrogens (tertiary/aromatic N) is 4. The van der Waals surface area contributed by atoms with Gasteiger partial charge in [0.05, 0.1) is 0 Å². The van der Waals surface area contributed by atoms with Crippen molar-refractivity contribution in [2.45, 2.75) is 13.0 Å². The number of aliphatic carboxylic acids is 1. The van der Waals surface area contributed by atoms with Crippen LogP contribution in [-0.4, -0.2) is 49.7 Å². The maximum atomic E-state index is 12.0. The molecule has 1 amide bonds. The molecule has 1 aromatic rings. The van der Waals surface area contributed by atoms with Crippen LogP contribution >= 0.6 is 0 Å². The first-order valence-electron chi connectivity index (χ1n) is 5.01. The van der Waals surface area contributed by atoms with Crippen LogP contribution in [-0.2, 0) is 9.59 Å². The molecule has 0 aliphatic heterocycles. The van der Waals surface area contributed by atoms with E-state index < -0.39 is 12.0 Å². The molecule has 0 spiro atoms. The fourth-order valence-corrected chi connectivity index (χ4v) is 1.35. The largest absolute Gasteiger partial charge is 0.480 e. The molecule has 0 bridgehead atoms. The molecule has 0 saturated carbocycles. The summed E-state index contributed by atoms with van der Waals surface area (Å²) in [6.07, 6.45) is 4.21. The van der Waals surface area contributed by atoms with Crippen molar-refractivity contribution in [3.63, 3.8) is 0 Å². The number of aromatic nitrogens is 3. The molecule has 0 radical (unpaired) electrons. The van der Waals surface area contributed by atoms with Crippen molar-refractivity contribution in [2.24, 2.45) is 0 Å². The van der Waals surface area contributed by atoms with E-state index in [9.17, 15) is 9.59 Å². The molecule has 17 heavy (non-hydrogen) atoms. The number of carboxylic acids is 1. The first-order chi connectivity index (χ1) is 8.06. The minimum absolute atomic E-state index is 0.185. The molecule has 1 unspecified atom stereocenters. The van der Waals surface area contributed by atoms with E-state index >= 15 is 0 Å². The lowest BCUT2D eigenvalue weighted by atomic mass is 10.3. The van der Waals surface area contributed by atoms with Gasteiger partial charge in [0, 0.05) is 6.54 Å². The maximum absolute atomic E-state index is 12.0. The highest BCUT2D eigenvalue weighted by Crippen LogP contribution is 2.07. The number of hydrogen-bond acceptors (Lipinski definition) is 4. The Balaban J connectivity index is 2.76. The smallest absolute Gasteiger partial charge is 0.323 e. The number of carbonyl (C=O) groups is 2. The second-order valence-electron chi connectivity index (χ2n) is 3.45. The van der Waals surface area contributed by atoms with Crippen molar-refractivity contribution < 1.29 is 14.7 Å². The number of hydrogen-bond donors (Lipinski definition) is 1. The molecule has 1 heterocycles. The Morgan fingerprint density at radius 2 is 2.35 bits per heavy atom. The van der Waals surface area contributed by atoms with Gasteiger partial charge in [0.25, 0.3) is 0 Å². The van der Waals surface area contributed by atoms with Crippen molar-refractivity contribution in [1.82, 2.24) is 19.7 Å². The molecule has 0 aliphatic rings. The zero-order valence-electron chi connectivity index (χ0n) is 9.48. The van der Waals surface area contributed by atoms with Gasteiger partial charge in [0.1, 0.15) is 25.2 Å². The highest BCUT2D eigenvalue weighted by atomic mass is 16.4. The van der Waals surface area contributed by atoms with Gasteiger partial charge in [0.15, 0.2) is 0 Å². The van der Waals surface area contributed by atoms with E-state index in [1.54, 1.807) is 6.92 Å². The van der Waals surface area contributed by atoms with E-state index in [2.05, 4.69) is 16.7 Å². The summed E-state index contributed by atoms with van der Waals surface area (Å²) in [6.45, 7) is 4.95. The second kappa shape index (κ2) is 5.78. The van der Waals surface area contributed by atoms with Crippen LogP contribution < -0.4 is 0 Å². The Morgan fingerprint density at radius 1 is 1.65 bits per heavy atom. The molecule has 0 saturated heterocycles. The van der Waals surface area contributed by atoms with Gasteiger partial charge in [-0.2, -0.15) is 5.10 Å². The zero-order valence-corrected chi connectivity index (χ0v) is 9.48. The van der Waals surface area contributed by atoms with Gasteiger partial charge < -0.3 is 10.0 Å². The summed E-state index contributed by atoms with van der Waals surface area (Å²) in [5.74, 6) is -1.40. The van der Waals surface area contributed by atoms with E-state index in [0.717, 1.165) is 0 Å². The number of amides is 1. The standard InChI is InChI=1S/C10H14N4O3/c1-3-4-13(5-9(15)16)10(17)8(2)14-7-11-6-12-14/h3,6-8H,1,4-5H2,2H3,(H,15,16). The first kappa shape index (κ1) is 12.9. The molecule has 7 heteroatoms. The van der Waals surface area contributed by atoms with Crippen molar-refractivity contribution >= 4 is 11.9 Å². The Morgan fingerprint density at radius 3 is 2.82 bits per heavy atom. The molecule has 1 N–H and O–H groups in total. The predicted octanol–water partition coefficient (Wildman–Crippen LogP) is -0.0617. The van der Waals surface area contributed by atoms with Crippen LogP contribution in [0.3, 0.4) is 0 Å². The van der Waals surface area contributed by atoms with Gasteiger partial charge in [-0.25, -0.2) is 9.67 Å². The van der Waals surface area contributed by atoms with Crippen molar-refractivity contribution in [1.29, 1.82) is 0 Å². The van der Waals surface area contributed by atoms with E-state index in [-0.39, 0.29) is 19.0 Å². The summed E-state index contributed by atoms with van der Waals surface area (Å²) < 4.78 is 1.38. The summed E-state index contributed by atoms with van der Waals surface area (Å²) in [5, 5.41) is 12.6. The zero-order chi connectivity index (χ0) is 12.8. The summed E-state index contributed by atoms with van der Waals surface area (Å²) in [7, 11) is 0. The highest BCUT2D eigenvalue weighted by molar-refractivity contribution is 5.84. The molecule has 0 aliphatic carbocycles. The molecule has 1 atom stereocenters. The predicted molar refractivity (Wildman–Crippen MR) is 59.1 cm³/mol. The fourth-order valence-electron chi connectivity index (χ4n) is 1.35. The molecule has 1 rings (SSSR count). The van der Waals surface area contributed by atoms with E-state index in [1.165, 1.54) is 28.3 Å². The van der Waals surface area contributed by atoms with Crippen LogP contribution in [0.25, 0.3) is 0 Å². The fraction of sp³-hybridized carbons (Fsp3) is 0.400. The van der Waals surface area contributed by atoms with Crippen LogP contribution in [0.2, 0.25) is 0 Å². The Kier molecular flexibility index (Phi) is 4.38. The Labute approximate surface area is 98.4 Å². The summed E-state index contributed by atoms with van der Waals surface area (Å²) >= 11 is 0. The average molecular weight is 238 g/mol. The normalized spacial score (nSPS) is 11.8. The SMILES string of the molecule is C=CCN(CC(=O)O)C(=O)C(C)n1cncn1. The minimum atomic E-state index is -1.06. The molecule has 1 aromatic heterocycles. The van der Waals surface area contributed by atoms with Crippen LogP contribution in [0, 0.1) is 0 Å².